The first-order valence-corrected chi connectivity index (χ1v) is 9.51. The zero-order valence-corrected chi connectivity index (χ0v) is 15.9. The van der Waals surface area contributed by atoms with E-state index >= 15 is 0 Å². The highest BCUT2D eigenvalue weighted by atomic mass is 79.9. The van der Waals surface area contributed by atoms with E-state index in [9.17, 15) is 9.59 Å². The first kappa shape index (κ1) is 16.3. The Bertz CT molecular complexity index is 1270. The molecule has 0 saturated carbocycles. The first-order valence-electron chi connectivity index (χ1n) is 8.72. The molecule has 0 saturated heterocycles. The number of aromatic amines is 1. The molecule has 0 unspecified atom stereocenters. The average molecular weight is 423 g/mol. The number of aromatic nitrogens is 1. The van der Waals surface area contributed by atoms with Crippen molar-refractivity contribution in [3.63, 3.8) is 0 Å². The second-order valence-electron chi connectivity index (χ2n) is 6.69. The van der Waals surface area contributed by atoms with Gasteiger partial charge in [0.1, 0.15) is 5.58 Å². The molecule has 134 valence electrons. The van der Waals surface area contributed by atoms with Crippen molar-refractivity contribution < 1.29 is 9.21 Å². The summed E-state index contributed by atoms with van der Waals surface area (Å²) in [5.74, 6) is -0.170. The van der Waals surface area contributed by atoms with Gasteiger partial charge in [-0.3, -0.25) is 9.59 Å². The standard InChI is InChI=1S/C21H15BrN2O3/c22-15-6-3-5-12-14-11-24(9-8-16(14)23-20(12)15)21(26)19-10-17(25)13-4-1-2-7-18(13)27-19/h1-7,10,23H,8-9,11H2. The van der Waals surface area contributed by atoms with Crippen LogP contribution in [0.25, 0.3) is 21.9 Å². The number of amides is 1. The SMILES string of the molecule is O=C(c1cc(=O)c2ccccc2o1)N1CCc2[nH]c3c(Br)cccc3c2C1. The smallest absolute Gasteiger partial charge is 0.290 e. The minimum atomic E-state index is -0.257. The van der Waals surface area contributed by atoms with Gasteiger partial charge in [-0.15, -0.1) is 0 Å². The van der Waals surface area contributed by atoms with E-state index in [1.165, 1.54) is 6.07 Å². The topological polar surface area (TPSA) is 66.3 Å². The molecule has 4 aromatic rings. The van der Waals surface area contributed by atoms with E-state index < -0.39 is 0 Å². The molecular formula is C21H15BrN2O3. The lowest BCUT2D eigenvalue weighted by Crippen LogP contribution is -2.36. The van der Waals surface area contributed by atoms with E-state index in [2.05, 4.69) is 27.0 Å². The lowest BCUT2D eigenvalue weighted by Gasteiger charge is -2.26. The summed E-state index contributed by atoms with van der Waals surface area (Å²) in [5.41, 5.74) is 3.56. The van der Waals surface area contributed by atoms with Gasteiger partial charge in [0, 0.05) is 46.7 Å². The van der Waals surface area contributed by atoms with Gasteiger partial charge in [-0.25, -0.2) is 0 Å². The van der Waals surface area contributed by atoms with E-state index in [-0.39, 0.29) is 17.1 Å². The highest BCUT2D eigenvalue weighted by Crippen LogP contribution is 2.32. The zero-order chi connectivity index (χ0) is 18.5. The number of fused-ring (bicyclic) bond motifs is 4. The Morgan fingerprint density at radius 2 is 1.93 bits per heavy atom. The van der Waals surface area contributed by atoms with Gasteiger partial charge in [0.05, 0.1) is 10.9 Å². The summed E-state index contributed by atoms with van der Waals surface area (Å²) in [6.45, 7) is 1.06. The van der Waals surface area contributed by atoms with Gasteiger partial charge >= 0.3 is 0 Å². The van der Waals surface area contributed by atoms with Crippen LogP contribution in [0.15, 0.2) is 62.2 Å². The molecule has 0 atom stereocenters. The lowest BCUT2D eigenvalue weighted by molar-refractivity contribution is 0.0703. The van der Waals surface area contributed by atoms with Crippen LogP contribution in [-0.2, 0) is 13.0 Å². The summed E-state index contributed by atoms with van der Waals surface area (Å²) in [4.78, 5) is 30.5. The van der Waals surface area contributed by atoms with Crippen LogP contribution in [0.3, 0.4) is 0 Å². The highest BCUT2D eigenvalue weighted by molar-refractivity contribution is 9.10. The lowest BCUT2D eigenvalue weighted by atomic mass is 10.0. The van der Waals surface area contributed by atoms with E-state index in [1.807, 2.05) is 12.1 Å². The molecular weight excluding hydrogens is 408 g/mol. The van der Waals surface area contributed by atoms with Crippen molar-refractivity contribution in [1.82, 2.24) is 9.88 Å². The number of hydrogen-bond donors (Lipinski definition) is 1. The van der Waals surface area contributed by atoms with E-state index in [1.54, 1.807) is 29.2 Å². The molecule has 1 aliphatic heterocycles. The molecule has 3 heterocycles. The van der Waals surface area contributed by atoms with Crippen molar-refractivity contribution in [2.45, 2.75) is 13.0 Å². The van der Waals surface area contributed by atoms with Gasteiger partial charge in [0.2, 0.25) is 0 Å². The van der Waals surface area contributed by atoms with Crippen molar-refractivity contribution in [3.8, 4) is 0 Å². The quantitative estimate of drug-likeness (QED) is 0.498. The molecule has 27 heavy (non-hydrogen) atoms. The fourth-order valence-electron chi connectivity index (χ4n) is 3.74. The molecule has 6 heteroatoms. The zero-order valence-electron chi connectivity index (χ0n) is 14.3. The number of halogens is 1. The van der Waals surface area contributed by atoms with Crippen LogP contribution in [0.2, 0.25) is 0 Å². The van der Waals surface area contributed by atoms with Crippen LogP contribution in [0.4, 0.5) is 0 Å². The third-order valence-corrected chi connectivity index (χ3v) is 5.75. The number of nitrogens with one attached hydrogen (secondary N) is 1. The molecule has 2 aromatic carbocycles. The number of carbonyl (C=O) groups is 1. The summed E-state index contributed by atoms with van der Waals surface area (Å²) in [6.07, 6.45) is 0.736. The molecule has 0 fully saturated rings. The number of H-pyrrole nitrogens is 1. The van der Waals surface area contributed by atoms with E-state index in [0.29, 0.717) is 24.1 Å². The summed E-state index contributed by atoms with van der Waals surface area (Å²) >= 11 is 3.57. The van der Waals surface area contributed by atoms with Gasteiger partial charge in [-0.2, -0.15) is 0 Å². The van der Waals surface area contributed by atoms with Crippen molar-refractivity contribution in [2.75, 3.05) is 6.54 Å². The van der Waals surface area contributed by atoms with Crippen LogP contribution in [0.1, 0.15) is 21.8 Å². The second-order valence-corrected chi connectivity index (χ2v) is 7.55. The van der Waals surface area contributed by atoms with Crippen molar-refractivity contribution in [2.24, 2.45) is 0 Å². The Labute approximate surface area is 162 Å². The Morgan fingerprint density at radius 1 is 1.11 bits per heavy atom. The molecule has 0 radical (unpaired) electrons. The molecule has 5 nitrogen and oxygen atoms in total. The molecule has 1 N–H and O–H groups in total. The Kier molecular flexibility index (Phi) is 3.68. The number of carbonyl (C=O) groups excluding carboxylic acids is 1. The second kappa shape index (κ2) is 6.09. The Balaban J connectivity index is 1.53. The third-order valence-electron chi connectivity index (χ3n) is 5.09. The fraction of sp³-hybridized carbons (Fsp3) is 0.143. The fourth-order valence-corrected chi connectivity index (χ4v) is 4.21. The third kappa shape index (κ3) is 2.59. The molecule has 1 aliphatic rings. The normalized spacial score (nSPS) is 13.9. The largest absolute Gasteiger partial charge is 0.451 e. The molecule has 1 amide bonds. The number of para-hydroxylation sites is 2. The predicted octanol–water partition coefficient (Wildman–Crippen LogP) is 4.24. The Morgan fingerprint density at radius 3 is 2.81 bits per heavy atom. The Hall–Kier alpha value is -2.86. The number of rotatable bonds is 1. The summed E-state index contributed by atoms with van der Waals surface area (Å²) in [6, 6.07) is 14.3. The minimum absolute atomic E-state index is 0.0863. The average Bonchev–Trinajstić information content (AvgIpc) is 3.07. The van der Waals surface area contributed by atoms with Crippen LogP contribution in [0, 0.1) is 0 Å². The van der Waals surface area contributed by atoms with Crippen LogP contribution in [0.5, 0.6) is 0 Å². The van der Waals surface area contributed by atoms with E-state index in [4.69, 9.17) is 4.42 Å². The van der Waals surface area contributed by atoms with Gasteiger partial charge in [0.25, 0.3) is 5.91 Å². The summed E-state index contributed by atoms with van der Waals surface area (Å²) in [5, 5.41) is 1.59. The maximum Gasteiger partial charge on any atom is 0.290 e. The van der Waals surface area contributed by atoms with Gasteiger partial charge in [0.15, 0.2) is 11.2 Å². The van der Waals surface area contributed by atoms with Crippen LogP contribution in [-0.4, -0.2) is 22.3 Å². The number of benzene rings is 2. The maximum atomic E-state index is 13.0. The van der Waals surface area contributed by atoms with Gasteiger partial charge < -0.3 is 14.3 Å². The predicted molar refractivity (Wildman–Crippen MR) is 107 cm³/mol. The van der Waals surface area contributed by atoms with Gasteiger partial charge in [-0.05, 0) is 34.1 Å². The highest BCUT2D eigenvalue weighted by Gasteiger charge is 2.27. The number of nitrogens with zero attached hydrogens (tertiary/aromatic N) is 1. The number of hydrogen-bond acceptors (Lipinski definition) is 3. The van der Waals surface area contributed by atoms with Crippen LogP contribution < -0.4 is 5.43 Å². The van der Waals surface area contributed by atoms with Crippen molar-refractivity contribution >= 4 is 43.7 Å². The minimum Gasteiger partial charge on any atom is -0.451 e. The van der Waals surface area contributed by atoms with Crippen molar-refractivity contribution in [3.05, 3.63) is 80.2 Å². The van der Waals surface area contributed by atoms with Crippen molar-refractivity contribution in [1.29, 1.82) is 0 Å². The molecule has 0 spiro atoms. The molecule has 2 aromatic heterocycles. The molecule has 5 rings (SSSR count). The van der Waals surface area contributed by atoms with Crippen LogP contribution >= 0.6 is 15.9 Å². The monoisotopic (exact) mass is 422 g/mol. The summed E-state index contributed by atoms with van der Waals surface area (Å²) in [7, 11) is 0. The van der Waals surface area contributed by atoms with E-state index in [0.717, 1.165) is 33.1 Å². The first-order chi connectivity index (χ1) is 13.1. The molecule has 0 aliphatic carbocycles. The molecule has 0 bridgehead atoms. The maximum absolute atomic E-state index is 13.0. The summed E-state index contributed by atoms with van der Waals surface area (Å²) < 4.78 is 6.73. The van der Waals surface area contributed by atoms with Gasteiger partial charge in [-0.1, -0.05) is 24.3 Å².